The standard InChI is InChI=1S/C27H25F2N7O/c1-16-5-4-6-20-24(19-8-9-21(28)25-23(19)27(29)33(3)31-25)32-36(26(16)20)18-7-10-22(30-15-18)35-13-11-34(12-14-35)17(2)37/h4-10,15H,11-14H2,1-3H3. The number of para-hydroxylation sites is 1. The van der Waals surface area contributed by atoms with E-state index < -0.39 is 11.8 Å². The van der Waals surface area contributed by atoms with E-state index >= 15 is 4.39 Å². The summed E-state index contributed by atoms with van der Waals surface area (Å²) in [6.07, 6.45) is 1.76. The molecule has 8 nitrogen and oxygen atoms in total. The molecule has 0 atom stereocenters. The number of halogens is 2. The molecule has 0 N–H and O–H groups in total. The Bertz CT molecular complexity index is 1660. The quantitative estimate of drug-likeness (QED) is 0.370. The number of hydrogen-bond acceptors (Lipinski definition) is 5. The maximum atomic E-state index is 15.0. The molecule has 3 aromatic heterocycles. The fraction of sp³-hybridized carbons (Fsp3) is 0.259. The molecule has 188 valence electrons. The molecule has 1 saturated heterocycles. The summed E-state index contributed by atoms with van der Waals surface area (Å²) >= 11 is 0. The predicted molar refractivity (Wildman–Crippen MR) is 138 cm³/mol. The molecule has 6 rings (SSSR count). The minimum absolute atomic E-state index is 0.0243. The van der Waals surface area contributed by atoms with Crippen molar-refractivity contribution in [3.8, 4) is 16.9 Å². The molecule has 0 saturated carbocycles. The van der Waals surface area contributed by atoms with Gasteiger partial charge in [-0.25, -0.2) is 18.7 Å². The number of carbonyl (C=O) groups excluding carboxylic acids is 1. The Morgan fingerprint density at radius 1 is 0.973 bits per heavy atom. The Morgan fingerprint density at radius 3 is 2.46 bits per heavy atom. The van der Waals surface area contributed by atoms with Crippen LogP contribution in [0.5, 0.6) is 0 Å². The number of fused-ring (bicyclic) bond motifs is 2. The number of carbonyl (C=O) groups is 1. The highest BCUT2D eigenvalue weighted by Crippen LogP contribution is 2.37. The number of hydrogen-bond donors (Lipinski definition) is 0. The van der Waals surface area contributed by atoms with Crippen molar-refractivity contribution in [2.24, 2.45) is 7.05 Å². The first-order valence-corrected chi connectivity index (χ1v) is 12.1. The number of aryl methyl sites for hydroxylation is 2. The van der Waals surface area contributed by atoms with Crippen LogP contribution < -0.4 is 4.90 Å². The Hall–Kier alpha value is -4.34. The molecule has 1 fully saturated rings. The highest BCUT2D eigenvalue weighted by atomic mass is 19.1. The molecular formula is C27H25F2N7O. The molecule has 37 heavy (non-hydrogen) atoms. The van der Waals surface area contributed by atoms with Gasteiger partial charge in [0.1, 0.15) is 17.0 Å². The van der Waals surface area contributed by atoms with Crippen LogP contribution in [0, 0.1) is 18.7 Å². The molecule has 5 aromatic rings. The second kappa shape index (κ2) is 8.65. The van der Waals surface area contributed by atoms with E-state index in [-0.39, 0.29) is 16.8 Å². The molecule has 4 heterocycles. The van der Waals surface area contributed by atoms with E-state index in [1.54, 1.807) is 23.9 Å². The van der Waals surface area contributed by atoms with Gasteiger partial charge in [0.05, 0.1) is 22.8 Å². The van der Waals surface area contributed by atoms with Crippen LogP contribution in [-0.2, 0) is 11.8 Å². The lowest BCUT2D eigenvalue weighted by molar-refractivity contribution is -0.129. The van der Waals surface area contributed by atoms with Crippen LogP contribution >= 0.6 is 0 Å². The maximum absolute atomic E-state index is 15.0. The summed E-state index contributed by atoms with van der Waals surface area (Å²) in [6, 6.07) is 12.6. The summed E-state index contributed by atoms with van der Waals surface area (Å²) in [5.74, 6) is -0.278. The third-order valence-corrected chi connectivity index (χ3v) is 7.05. The fourth-order valence-corrected chi connectivity index (χ4v) is 5.09. The van der Waals surface area contributed by atoms with Crippen molar-refractivity contribution >= 4 is 33.5 Å². The fourth-order valence-electron chi connectivity index (χ4n) is 5.09. The summed E-state index contributed by atoms with van der Waals surface area (Å²) in [5, 5.41) is 9.84. The minimum atomic E-state index is -0.615. The van der Waals surface area contributed by atoms with Crippen molar-refractivity contribution in [2.75, 3.05) is 31.1 Å². The molecule has 1 aliphatic rings. The Balaban J connectivity index is 1.44. The summed E-state index contributed by atoms with van der Waals surface area (Å²) in [7, 11) is 1.45. The summed E-state index contributed by atoms with van der Waals surface area (Å²) in [6.45, 7) is 6.36. The van der Waals surface area contributed by atoms with E-state index in [0.29, 0.717) is 24.3 Å². The third-order valence-electron chi connectivity index (χ3n) is 7.05. The summed E-state index contributed by atoms with van der Waals surface area (Å²) in [4.78, 5) is 20.3. The molecule has 1 amide bonds. The zero-order valence-corrected chi connectivity index (χ0v) is 20.7. The lowest BCUT2D eigenvalue weighted by Crippen LogP contribution is -2.48. The van der Waals surface area contributed by atoms with Crippen LogP contribution in [0.2, 0.25) is 0 Å². The molecular weight excluding hydrogens is 476 g/mol. The second-order valence-corrected chi connectivity index (χ2v) is 9.33. The van der Waals surface area contributed by atoms with Crippen molar-refractivity contribution in [3.05, 3.63) is 66.0 Å². The zero-order valence-electron chi connectivity index (χ0n) is 20.7. The second-order valence-electron chi connectivity index (χ2n) is 9.33. The first-order valence-electron chi connectivity index (χ1n) is 12.1. The van der Waals surface area contributed by atoms with E-state index in [9.17, 15) is 9.18 Å². The van der Waals surface area contributed by atoms with Crippen molar-refractivity contribution in [1.29, 1.82) is 0 Å². The Labute approximate surface area is 211 Å². The van der Waals surface area contributed by atoms with Crippen molar-refractivity contribution in [3.63, 3.8) is 0 Å². The Morgan fingerprint density at radius 2 is 1.76 bits per heavy atom. The average Bonchev–Trinajstić information content (AvgIpc) is 3.44. The van der Waals surface area contributed by atoms with Gasteiger partial charge in [-0.05, 0) is 36.8 Å². The van der Waals surface area contributed by atoms with E-state index in [1.807, 2.05) is 42.2 Å². The smallest absolute Gasteiger partial charge is 0.219 e. The van der Waals surface area contributed by atoms with Gasteiger partial charge in [-0.2, -0.15) is 14.6 Å². The van der Waals surface area contributed by atoms with Crippen LogP contribution in [0.4, 0.5) is 14.6 Å². The maximum Gasteiger partial charge on any atom is 0.219 e. The molecule has 1 aliphatic heterocycles. The molecule has 0 unspecified atom stereocenters. The first kappa shape index (κ1) is 23.1. The molecule has 2 aromatic carbocycles. The lowest BCUT2D eigenvalue weighted by Gasteiger charge is -2.34. The number of aromatic nitrogens is 5. The number of amides is 1. The molecule has 0 spiro atoms. The number of nitrogens with zero attached hydrogens (tertiary/aromatic N) is 7. The van der Waals surface area contributed by atoms with Crippen molar-refractivity contribution < 1.29 is 13.6 Å². The van der Waals surface area contributed by atoms with Crippen LogP contribution in [0.1, 0.15) is 12.5 Å². The van der Waals surface area contributed by atoms with Crippen LogP contribution in [-0.4, -0.2) is 61.5 Å². The van der Waals surface area contributed by atoms with Crippen molar-refractivity contribution in [2.45, 2.75) is 13.8 Å². The number of piperazine rings is 1. The van der Waals surface area contributed by atoms with Gasteiger partial charge < -0.3 is 9.80 Å². The van der Waals surface area contributed by atoms with Crippen LogP contribution in [0.25, 0.3) is 38.8 Å². The molecule has 0 radical (unpaired) electrons. The lowest BCUT2D eigenvalue weighted by atomic mass is 10.0. The highest BCUT2D eigenvalue weighted by molar-refractivity contribution is 6.04. The number of benzene rings is 2. The average molecular weight is 502 g/mol. The van der Waals surface area contributed by atoms with E-state index in [2.05, 4.69) is 15.0 Å². The van der Waals surface area contributed by atoms with Gasteiger partial charge in [-0.15, -0.1) is 0 Å². The molecule has 0 bridgehead atoms. The van der Waals surface area contributed by atoms with E-state index in [1.165, 1.54) is 13.1 Å². The SMILES string of the molecule is CC(=O)N1CCN(c2ccc(-n3nc(-c4ccc(F)c5nn(C)c(F)c45)c4cccc(C)c43)cn2)CC1. The number of rotatable bonds is 3. The highest BCUT2D eigenvalue weighted by Gasteiger charge is 2.23. The van der Waals surface area contributed by atoms with Gasteiger partial charge in [-0.1, -0.05) is 18.2 Å². The van der Waals surface area contributed by atoms with Crippen LogP contribution in [0.15, 0.2) is 48.7 Å². The zero-order chi connectivity index (χ0) is 25.8. The van der Waals surface area contributed by atoms with Gasteiger partial charge in [0.2, 0.25) is 11.9 Å². The van der Waals surface area contributed by atoms with Gasteiger partial charge in [0.25, 0.3) is 0 Å². The normalized spacial score (nSPS) is 14.2. The third kappa shape index (κ3) is 3.71. The predicted octanol–water partition coefficient (Wildman–Crippen LogP) is 4.23. The van der Waals surface area contributed by atoms with Gasteiger partial charge in [0, 0.05) is 51.1 Å². The number of pyridine rings is 1. The topological polar surface area (TPSA) is 72.1 Å². The van der Waals surface area contributed by atoms with Crippen LogP contribution in [0.3, 0.4) is 0 Å². The summed E-state index contributed by atoms with van der Waals surface area (Å²) in [5.41, 5.74) is 3.60. The van der Waals surface area contributed by atoms with E-state index in [4.69, 9.17) is 5.10 Å². The minimum Gasteiger partial charge on any atom is -0.353 e. The largest absolute Gasteiger partial charge is 0.353 e. The molecule has 0 aliphatic carbocycles. The van der Waals surface area contributed by atoms with Gasteiger partial charge in [0.15, 0.2) is 5.82 Å². The van der Waals surface area contributed by atoms with E-state index in [0.717, 1.165) is 45.7 Å². The van der Waals surface area contributed by atoms with Gasteiger partial charge in [-0.3, -0.25) is 4.79 Å². The molecule has 10 heteroatoms. The number of anilines is 1. The van der Waals surface area contributed by atoms with Gasteiger partial charge >= 0.3 is 0 Å². The Kier molecular flexibility index (Phi) is 5.40. The first-order chi connectivity index (χ1) is 17.8. The monoisotopic (exact) mass is 501 g/mol. The van der Waals surface area contributed by atoms with Crippen molar-refractivity contribution in [1.82, 2.24) is 29.4 Å². The summed E-state index contributed by atoms with van der Waals surface area (Å²) < 4.78 is 32.4.